The molecular formula is C23H31N3O5. The van der Waals surface area contributed by atoms with Gasteiger partial charge >= 0.3 is 5.97 Å². The Morgan fingerprint density at radius 3 is 2.52 bits per heavy atom. The second kappa shape index (κ2) is 10.4. The average molecular weight is 430 g/mol. The molecule has 3 amide bonds. The molecule has 2 N–H and O–H groups in total. The zero-order valence-electron chi connectivity index (χ0n) is 18.2. The average Bonchev–Trinajstić information content (AvgIpc) is 3.19. The number of carbonyl (C=O) groups is 4. The van der Waals surface area contributed by atoms with Crippen molar-refractivity contribution < 1.29 is 23.9 Å². The first-order valence-corrected chi connectivity index (χ1v) is 11.0. The Labute approximate surface area is 182 Å². The summed E-state index contributed by atoms with van der Waals surface area (Å²) in [7, 11) is 0. The standard InChI is InChI=1S/C23H31N3O5/c1-15-5-3-6-19(16(15)2)25-20(27)14-31-22(29)13-24-23(30)17-8-10-18(11-9-17)26-12-4-7-21(26)28/h8-11,15-16,19H,3-7,12-14H2,1-2H3,(H,24,30)(H,25,27)/t15-,16-,19+/m1/s1. The molecular weight excluding hydrogens is 398 g/mol. The second-order valence-electron chi connectivity index (χ2n) is 8.48. The number of amides is 3. The summed E-state index contributed by atoms with van der Waals surface area (Å²) in [6, 6.07) is 6.76. The van der Waals surface area contributed by atoms with E-state index < -0.39 is 11.9 Å². The van der Waals surface area contributed by atoms with Crippen molar-refractivity contribution in [2.24, 2.45) is 11.8 Å². The predicted octanol–water partition coefficient (Wildman–Crippen LogP) is 2.03. The minimum absolute atomic E-state index is 0.0800. The van der Waals surface area contributed by atoms with Crippen molar-refractivity contribution in [3.8, 4) is 0 Å². The van der Waals surface area contributed by atoms with Gasteiger partial charge in [-0.3, -0.25) is 19.2 Å². The Balaban J connectivity index is 1.38. The molecule has 1 heterocycles. The molecule has 3 rings (SSSR count). The van der Waals surface area contributed by atoms with E-state index in [0.29, 0.717) is 30.4 Å². The number of hydrogen-bond acceptors (Lipinski definition) is 5. The summed E-state index contributed by atoms with van der Waals surface area (Å²) in [6.07, 6.45) is 4.56. The normalized spacial score (nSPS) is 23.4. The number of benzene rings is 1. The zero-order chi connectivity index (χ0) is 22.4. The quantitative estimate of drug-likeness (QED) is 0.646. The van der Waals surface area contributed by atoms with E-state index in [2.05, 4.69) is 24.5 Å². The molecule has 0 unspecified atom stereocenters. The fraction of sp³-hybridized carbons (Fsp3) is 0.565. The number of nitrogens with one attached hydrogen (secondary N) is 2. The summed E-state index contributed by atoms with van der Waals surface area (Å²) in [5.41, 5.74) is 1.13. The third-order valence-corrected chi connectivity index (χ3v) is 6.33. The molecule has 1 aromatic rings. The summed E-state index contributed by atoms with van der Waals surface area (Å²) in [5, 5.41) is 5.43. The van der Waals surface area contributed by atoms with Gasteiger partial charge in [0.05, 0.1) is 0 Å². The highest BCUT2D eigenvalue weighted by molar-refractivity contribution is 5.98. The van der Waals surface area contributed by atoms with E-state index >= 15 is 0 Å². The van der Waals surface area contributed by atoms with Crippen molar-refractivity contribution in [1.29, 1.82) is 0 Å². The van der Waals surface area contributed by atoms with Gasteiger partial charge in [0, 0.05) is 30.3 Å². The molecule has 0 bridgehead atoms. The topological polar surface area (TPSA) is 105 Å². The number of anilines is 1. The van der Waals surface area contributed by atoms with E-state index in [4.69, 9.17) is 4.74 Å². The van der Waals surface area contributed by atoms with Crippen LogP contribution in [0, 0.1) is 11.8 Å². The number of rotatable bonds is 7. The Morgan fingerprint density at radius 2 is 1.84 bits per heavy atom. The molecule has 8 nitrogen and oxygen atoms in total. The smallest absolute Gasteiger partial charge is 0.325 e. The molecule has 1 saturated carbocycles. The van der Waals surface area contributed by atoms with Crippen molar-refractivity contribution >= 4 is 29.4 Å². The van der Waals surface area contributed by atoms with Crippen molar-refractivity contribution in [1.82, 2.24) is 10.6 Å². The summed E-state index contributed by atoms with van der Waals surface area (Å²) in [5.74, 6) is -0.392. The van der Waals surface area contributed by atoms with Crippen LogP contribution >= 0.6 is 0 Å². The zero-order valence-corrected chi connectivity index (χ0v) is 18.2. The Kier molecular flexibility index (Phi) is 7.65. The maximum Gasteiger partial charge on any atom is 0.325 e. The van der Waals surface area contributed by atoms with Crippen molar-refractivity contribution in [2.45, 2.75) is 52.0 Å². The number of carbonyl (C=O) groups excluding carboxylic acids is 4. The van der Waals surface area contributed by atoms with Gasteiger partial charge in [0.15, 0.2) is 6.61 Å². The largest absolute Gasteiger partial charge is 0.454 e. The monoisotopic (exact) mass is 429 g/mol. The number of nitrogens with zero attached hydrogens (tertiary/aromatic N) is 1. The van der Waals surface area contributed by atoms with Crippen LogP contribution in [0.1, 0.15) is 56.3 Å². The van der Waals surface area contributed by atoms with Crippen LogP contribution in [0.3, 0.4) is 0 Å². The van der Waals surface area contributed by atoms with Crippen molar-refractivity contribution in [3.05, 3.63) is 29.8 Å². The molecule has 2 fully saturated rings. The van der Waals surface area contributed by atoms with Crippen LogP contribution in [-0.2, 0) is 19.1 Å². The lowest BCUT2D eigenvalue weighted by Gasteiger charge is -2.34. The Morgan fingerprint density at radius 1 is 1.10 bits per heavy atom. The van der Waals surface area contributed by atoms with Crippen LogP contribution in [0.5, 0.6) is 0 Å². The van der Waals surface area contributed by atoms with E-state index in [1.54, 1.807) is 29.2 Å². The first-order valence-electron chi connectivity index (χ1n) is 11.0. The first-order chi connectivity index (χ1) is 14.8. The van der Waals surface area contributed by atoms with Gasteiger partial charge in [0.2, 0.25) is 5.91 Å². The van der Waals surface area contributed by atoms with E-state index in [-0.39, 0.29) is 31.0 Å². The summed E-state index contributed by atoms with van der Waals surface area (Å²) in [6.45, 7) is 4.32. The molecule has 1 aliphatic carbocycles. The Bertz CT molecular complexity index is 823. The highest BCUT2D eigenvalue weighted by Gasteiger charge is 2.28. The van der Waals surface area contributed by atoms with E-state index in [1.807, 2.05) is 0 Å². The summed E-state index contributed by atoms with van der Waals surface area (Å²) in [4.78, 5) is 49.7. The van der Waals surface area contributed by atoms with E-state index in [0.717, 1.165) is 24.9 Å². The van der Waals surface area contributed by atoms with Gasteiger partial charge in [-0.05, 0) is 48.9 Å². The summed E-state index contributed by atoms with van der Waals surface area (Å²) < 4.78 is 4.98. The van der Waals surface area contributed by atoms with Crippen LogP contribution in [0.25, 0.3) is 0 Å². The van der Waals surface area contributed by atoms with Crippen molar-refractivity contribution in [2.75, 3.05) is 24.6 Å². The molecule has 31 heavy (non-hydrogen) atoms. The number of hydrogen-bond donors (Lipinski definition) is 2. The van der Waals surface area contributed by atoms with Gasteiger partial charge in [0.1, 0.15) is 6.54 Å². The molecule has 0 aromatic heterocycles. The SMILES string of the molecule is C[C@@H]1[C@H](C)CCC[C@@H]1NC(=O)COC(=O)CNC(=O)c1ccc(N2CCCC2=O)cc1. The molecule has 168 valence electrons. The maximum absolute atomic E-state index is 12.2. The molecule has 3 atom stereocenters. The van der Waals surface area contributed by atoms with Gasteiger partial charge in [-0.25, -0.2) is 0 Å². The van der Waals surface area contributed by atoms with Crippen LogP contribution in [0.4, 0.5) is 5.69 Å². The minimum Gasteiger partial charge on any atom is -0.454 e. The first kappa shape index (κ1) is 22.8. The molecule has 1 aliphatic heterocycles. The van der Waals surface area contributed by atoms with Gasteiger partial charge in [-0.2, -0.15) is 0 Å². The van der Waals surface area contributed by atoms with Gasteiger partial charge in [-0.1, -0.05) is 26.7 Å². The fourth-order valence-electron chi connectivity index (χ4n) is 4.20. The minimum atomic E-state index is -0.673. The molecule has 1 aromatic carbocycles. The maximum atomic E-state index is 12.2. The third kappa shape index (κ3) is 6.06. The highest BCUT2D eigenvalue weighted by Crippen LogP contribution is 2.29. The fourth-order valence-corrected chi connectivity index (χ4v) is 4.20. The van der Waals surface area contributed by atoms with Crippen molar-refractivity contribution in [3.63, 3.8) is 0 Å². The summed E-state index contributed by atoms with van der Waals surface area (Å²) >= 11 is 0. The Hall–Kier alpha value is -2.90. The predicted molar refractivity (Wildman–Crippen MR) is 115 cm³/mol. The lowest BCUT2D eigenvalue weighted by Crippen LogP contribution is -2.45. The molecule has 0 radical (unpaired) electrons. The van der Waals surface area contributed by atoms with E-state index in [9.17, 15) is 19.2 Å². The molecule has 0 spiro atoms. The molecule has 1 saturated heterocycles. The number of esters is 1. The lowest BCUT2D eigenvalue weighted by molar-refractivity contribution is -0.147. The van der Waals surface area contributed by atoms with Gasteiger partial charge < -0.3 is 20.3 Å². The lowest BCUT2D eigenvalue weighted by atomic mass is 9.78. The van der Waals surface area contributed by atoms with E-state index in [1.165, 1.54) is 6.42 Å². The number of ether oxygens (including phenoxy) is 1. The molecule has 2 aliphatic rings. The van der Waals surface area contributed by atoms with Gasteiger partial charge in [-0.15, -0.1) is 0 Å². The highest BCUT2D eigenvalue weighted by atomic mass is 16.5. The molecule has 8 heteroatoms. The van der Waals surface area contributed by atoms with Gasteiger partial charge in [0.25, 0.3) is 11.8 Å². The van der Waals surface area contributed by atoms with Crippen LogP contribution < -0.4 is 15.5 Å². The van der Waals surface area contributed by atoms with Crippen LogP contribution in [0.2, 0.25) is 0 Å². The second-order valence-corrected chi connectivity index (χ2v) is 8.48. The van der Waals surface area contributed by atoms with Crippen LogP contribution in [-0.4, -0.2) is 49.4 Å². The van der Waals surface area contributed by atoms with Crippen LogP contribution in [0.15, 0.2) is 24.3 Å². The third-order valence-electron chi connectivity index (χ3n) is 6.33.